The first-order valence-electron chi connectivity index (χ1n) is 7.46. The zero-order chi connectivity index (χ0) is 13.9. The predicted molar refractivity (Wildman–Crippen MR) is 78.1 cm³/mol. The average molecular weight is 268 g/mol. The van der Waals surface area contributed by atoms with Gasteiger partial charge in [-0.05, 0) is 39.3 Å². The molecule has 1 rings (SSSR count). The van der Waals surface area contributed by atoms with Crippen molar-refractivity contribution in [3.05, 3.63) is 12.7 Å². The Labute approximate surface area is 117 Å². The molecule has 1 atom stereocenters. The second-order valence-corrected chi connectivity index (χ2v) is 5.14. The van der Waals surface area contributed by atoms with Crippen LogP contribution in [0.25, 0.3) is 0 Å². The van der Waals surface area contributed by atoms with E-state index in [9.17, 15) is 4.79 Å². The van der Waals surface area contributed by atoms with Gasteiger partial charge in [-0.15, -0.1) is 6.58 Å². The molecule has 1 aliphatic rings. The van der Waals surface area contributed by atoms with Crippen LogP contribution in [-0.2, 0) is 9.53 Å². The molecule has 0 bridgehead atoms. The van der Waals surface area contributed by atoms with E-state index in [2.05, 4.69) is 16.8 Å². The molecule has 0 aromatic rings. The molecule has 110 valence electrons. The lowest BCUT2D eigenvalue weighted by Crippen LogP contribution is -2.40. The highest BCUT2D eigenvalue weighted by Gasteiger charge is 2.13. The monoisotopic (exact) mass is 268 g/mol. The molecule has 1 aliphatic heterocycles. The number of ether oxygens (including phenoxy) is 1. The van der Waals surface area contributed by atoms with Crippen molar-refractivity contribution < 1.29 is 9.53 Å². The van der Waals surface area contributed by atoms with Crippen LogP contribution in [0.15, 0.2) is 12.7 Å². The molecule has 1 heterocycles. The average Bonchev–Trinajstić information content (AvgIpc) is 2.67. The molecule has 4 heteroatoms. The SMILES string of the molecule is C=CCCOC(C)C(=O)NCCN1CCCCCC1. The molecular formula is C15H28N2O2. The van der Waals surface area contributed by atoms with Gasteiger partial charge in [0.05, 0.1) is 6.61 Å². The molecule has 1 amide bonds. The smallest absolute Gasteiger partial charge is 0.248 e. The van der Waals surface area contributed by atoms with E-state index in [-0.39, 0.29) is 12.0 Å². The fourth-order valence-corrected chi connectivity index (χ4v) is 2.24. The van der Waals surface area contributed by atoms with Crippen molar-refractivity contribution in [1.29, 1.82) is 0 Å². The molecule has 1 saturated heterocycles. The fourth-order valence-electron chi connectivity index (χ4n) is 2.24. The Hall–Kier alpha value is -0.870. The van der Waals surface area contributed by atoms with E-state index in [1.807, 2.05) is 0 Å². The maximum atomic E-state index is 11.8. The van der Waals surface area contributed by atoms with Crippen LogP contribution in [0.3, 0.4) is 0 Å². The summed E-state index contributed by atoms with van der Waals surface area (Å²) in [6.45, 7) is 9.98. The van der Waals surface area contributed by atoms with Crippen LogP contribution in [0, 0.1) is 0 Å². The lowest BCUT2D eigenvalue weighted by molar-refractivity contribution is -0.131. The molecule has 1 N–H and O–H groups in total. The van der Waals surface area contributed by atoms with Gasteiger partial charge >= 0.3 is 0 Å². The Balaban J connectivity index is 2.09. The molecule has 0 aromatic heterocycles. The number of likely N-dealkylation sites (tertiary alicyclic amines) is 1. The Morgan fingerprint density at radius 2 is 2.05 bits per heavy atom. The number of carbonyl (C=O) groups excluding carboxylic acids is 1. The quantitative estimate of drug-likeness (QED) is 0.540. The summed E-state index contributed by atoms with van der Waals surface area (Å²) >= 11 is 0. The van der Waals surface area contributed by atoms with Crippen LogP contribution < -0.4 is 5.32 Å². The number of amides is 1. The largest absolute Gasteiger partial charge is 0.368 e. The summed E-state index contributed by atoms with van der Waals surface area (Å²) in [6.07, 6.45) is 7.47. The Bertz CT molecular complexity index is 261. The topological polar surface area (TPSA) is 41.6 Å². The van der Waals surface area contributed by atoms with E-state index in [1.165, 1.54) is 38.8 Å². The van der Waals surface area contributed by atoms with Crippen molar-refractivity contribution in [2.75, 3.05) is 32.8 Å². The zero-order valence-corrected chi connectivity index (χ0v) is 12.2. The normalized spacial score (nSPS) is 18.6. The van der Waals surface area contributed by atoms with Crippen molar-refractivity contribution in [3.8, 4) is 0 Å². The summed E-state index contributed by atoms with van der Waals surface area (Å²) < 4.78 is 5.41. The summed E-state index contributed by atoms with van der Waals surface area (Å²) in [6, 6.07) is 0. The number of hydrogen-bond acceptors (Lipinski definition) is 3. The molecule has 4 nitrogen and oxygen atoms in total. The molecule has 0 aliphatic carbocycles. The highest BCUT2D eigenvalue weighted by Crippen LogP contribution is 2.08. The number of nitrogens with zero attached hydrogens (tertiary/aromatic N) is 1. The Morgan fingerprint density at radius 1 is 1.37 bits per heavy atom. The first kappa shape index (κ1) is 16.2. The third-order valence-electron chi connectivity index (χ3n) is 3.48. The van der Waals surface area contributed by atoms with Crippen molar-refractivity contribution in [3.63, 3.8) is 0 Å². The molecule has 0 spiro atoms. The van der Waals surface area contributed by atoms with E-state index < -0.39 is 0 Å². The summed E-state index contributed by atoms with van der Waals surface area (Å²) in [7, 11) is 0. The van der Waals surface area contributed by atoms with Crippen LogP contribution in [0.5, 0.6) is 0 Å². The lowest BCUT2D eigenvalue weighted by atomic mass is 10.2. The molecule has 0 radical (unpaired) electrons. The summed E-state index contributed by atoms with van der Waals surface area (Å²) in [5.74, 6) is -0.0149. The second-order valence-electron chi connectivity index (χ2n) is 5.14. The van der Waals surface area contributed by atoms with Gasteiger partial charge in [0.1, 0.15) is 6.10 Å². The first-order valence-corrected chi connectivity index (χ1v) is 7.46. The Morgan fingerprint density at radius 3 is 2.68 bits per heavy atom. The standard InChI is InChI=1S/C15H28N2O2/c1-3-4-13-19-14(2)15(18)16-9-12-17-10-7-5-6-8-11-17/h3,14H,1,4-13H2,2H3,(H,16,18). The van der Waals surface area contributed by atoms with Gasteiger partial charge in [-0.1, -0.05) is 18.9 Å². The summed E-state index contributed by atoms with van der Waals surface area (Å²) in [5.41, 5.74) is 0. The van der Waals surface area contributed by atoms with Gasteiger partial charge in [0.25, 0.3) is 0 Å². The Kier molecular flexibility index (Phi) is 8.50. The number of rotatable bonds is 8. The van der Waals surface area contributed by atoms with E-state index in [4.69, 9.17) is 4.74 Å². The van der Waals surface area contributed by atoms with E-state index in [0.717, 1.165) is 13.0 Å². The van der Waals surface area contributed by atoms with Crippen LogP contribution in [-0.4, -0.2) is 49.7 Å². The molecule has 0 aromatic carbocycles. The maximum Gasteiger partial charge on any atom is 0.248 e. The van der Waals surface area contributed by atoms with Gasteiger partial charge < -0.3 is 15.0 Å². The van der Waals surface area contributed by atoms with E-state index in [1.54, 1.807) is 13.0 Å². The molecule has 0 saturated carbocycles. The predicted octanol–water partition coefficient (Wildman–Crippen LogP) is 1.96. The van der Waals surface area contributed by atoms with Crippen molar-refractivity contribution >= 4 is 5.91 Å². The summed E-state index contributed by atoms with van der Waals surface area (Å²) in [5, 5.41) is 2.95. The van der Waals surface area contributed by atoms with Crippen molar-refractivity contribution in [2.45, 2.75) is 45.1 Å². The van der Waals surface area contributed by atoms with Crippen LogP contribution in [0.2, 0.25) is 0 Å². The molecule has 1 fully saturated rings. The third-order valence-corrected chi connectivity index (χ3v) is 3.48. The van der Waals surface area contributed by atoms with Crippen molar-refractivity contribution in [1.82, 2.24) is 10.2 Å². The number of carbonyl (C=O) groups is 1. The van der Waals surface area contributed by atoms with Gasteiger partial charge in [-0.2, -0.15) is 0 Å². The third kappa shape index (κ3) is 7.33. The molecular weight excluding hydrogens is 240 g/mol. The lowest BCUT2D eigenvalue weighted by Gasteiger charge is -2.20. The molecule has 1 unspecified atom stereocenters. The van der Waals surface area contributed by atoms with Gasteiger partial charge in [-0.25, -0.2) is 0 Å². The maximum absolute atomic E-state index is 11.8. The minimum Gasteiger partial charge on any atom is -0.368 e. The van der Waals surface area contributed by atoms with Gasteiger partial charge in [0.15, 0.2) is 0 Å². The second kappa shape index (κ2) is 9.98. The highest BCUT2D eigenvalue weighted by atomic mass is 16.5. The number of nitrogens with one attached hydrogen (secondary N) is 1. The van der Waals surface area contributed by atoms with Crippen LogP contribution in [0.1, 0.15) is 39.0 Å². The van der Waals surface area contributed by atoms with E-state index >= 15 is 0 Å². The molecule has 19 heavy (non-hydrogen) atoms. The van der Waals surface area contributed by atoms with Gasteiger partial charge in [-0.3, -0.25) is 4.79 Å². The first-order chi connectivity index (χ1) is 9.24. The number of hydrogen-bond donors (Lipinski definition) is 1. The minimum absolute atomic E-state index is 0.0149. The fraction of sp³-hybridized carbons (Fsp3) is 0.800. The van der Waals surface area contributed by atoms with Gasteiger partial charge in [0.2, 0.25) is 5.91 Å². The highest BCUT2D eigenvalue weighted by molar-refractivity contribution is 5.80. The summed E-state index contributed by atoms with van der Waals surface area (Å²) in [4.78, 5) is 14.2. The zero-order valence-electron chi connectivity index (χ0n) is 12.2. The van der Waals surface area contributed by atoms with E-state index in [0.29, 0.717) is 13.2 Å². The van der Waals surface area contributed by atoms with Crippen molar-refractivity contribution in [2.24, 2.45) is 0 Å². The van der Waals surface area contributed by atoms with Gasteiger partial charge in [0, 0.05) is 13.1 Å². The van der Waals surface area contributed by atoms with Crippen LogP contribution in [0.4, 0.5) is 0 Å². The minimum atomic E-state index is -0.371. The van der Waals surface area contributed by atoms with Crippen LogP contribution >= 0.6 is 0 Å².